The van der Waals surface area contributed by atoms with Gasteiger partial charge in [-0.25, -0.2) is 0 Å². The Morgan fingerprint density at radius 3 is 2.57 bits per heavy atom. The van der Waals surface area contributed by atoms with Crippen LogP contribution in [-0.4, -0.2) is 55.7 Å². The maximum atomic E-state index is 13.1. The fourth-order valence-corrected chi connectivity index (χ4v) is 4.93. The van der Waals surface area contributed by atoms with Crippen molar-refractivity contribution >= 4 is 11.8 Å². The molecule has 2 aliphatic heterocycles. The van der Waals surface area contributed by atoms with Gasteiger partial charge in [0.2, 0.25) is 5.91 Å². The van der Waals surface area contributed by atoms with Crippen molar-refractivity contribution in [2.24, 2.45) is 11.3 Å². The van der Waals surface area contributed by atoms with E-state index in [0.29, 0.717) is 38.1 Å². The lowest BCUT2D eigenvalue weighted by molar-refractivity contribution is -0.133. The Hall–Kier alpha value is -2.08. The number of hydrogen-bond acceptors (Lipinski definition) is 4. The predicted octanol–water partition coefficient (Wildman–Crippen LogP) is 2.38. The average molecular weight is 386 g/mol. The second-order valence-corrected chi connectivity index (χ2v) is 8.39. The first-order chi connectivity index (χ1) is 13.7. The third-order valence-corrected chi connectivity index (χ3v) is 6.61. The Morgan fingerprint density at radius 2 is 1.86 bits per heavy atom. The van der Waals surface area contributed by atoms with Gasteiger partial charge in [0.25, 0.3) is 5.91 Å². The molecule has 1 atom stereocenters. The largest absolute Gasteiger partial charge is 0.484 e. The Balaban J connectivity index is 1.41. The molecule has 0 aromatic heterocycles. The molecule has 2 saturated heterocycles. The summed E-state index contributed by atoms with van der Waals surface area (Å²) in [6, 6.07) is 9.67. The van der Waals surface area contributed by atoms with E-state index in [1.54, 1.807) is 0 Å². The highest BCUT2D eigenvalue weighted by Gasteiger charge is 2.52. The van der Waals surface area contributed by atoms with Gasteiger partial charge in [-0.2, -0.15) is 0 Å². The van der Waals surface area contributed by atoms with E-state index in [4.69, 9.17) is 9.47 Å². The van der Waals surface area contributed by atoms with Gasteiger partial charge in [-0.15, -0.1) is 0 Å². The predicted molar refractivity (Wildman–Crippen MR) is 105 cm³/mol. The summed E-state index contributed by atoms with van der Waals surface area (Å²) in [7, 11) is 0. The molecule has 1 N–H and O–H groups in total. The Morgan fingerprint density at radius 1 is 1.14 bits per heavy atom. The zero-order valence-electron chi connectivity index (χ0n) is 16.4. The SMILES string of the molecule is O=C(NC1CCCC1)C1CN(C(=O)COc2ccccc2)CC12CCOCC2. The molecule has 1 aliphatic carbocycles. The molecular weight excluding hydrogens is 356 g/mol. The van der Waals surface area contributed by atoms with Gasteiger partial charge in [0.1, 0.15) is 5.75 Å². The highest BCUT2D eigenvalue weighted by atomic mass is 16.5. The van der Waals surface area contributed by atoms with Crippen molar-refractivity contribution in [3.63, 3.8) is 0 Å². The molecule has 0 radical (unpaired) electrons. The molecule has 1 unspecified atom stereocenters. The van der Waals surface area contributed by atoms with Crippen LogP contribution in [0.1, 0.15) is 38.5 Å². The van der Waals surface area contributed by atoms with Crippen molar-refractivity contribution in [1.29, 1.82) is 0 Å². The fraction of sp³-hybridized carbons (Fsp3) is 0.636. The lowest BCUT2D eigenvalue weighted by Crippen LogP contribution is -2.46. The fourth-order valence-electron chi connectivity index (χ4n) is 4.93. The van der Waals surface area contributed by atoms with E-state index >= 15 is 0 Å². The molecule has 152 valence electrons. The van der Waals surface area contributed by atoms with Gasteiger partial charge < -0.3 is 19.7 Å². The van der Waals surface area contributed by atoms with Crippen molar-refractivity contribution in [1.82, 2.24) is 10.2 Å². The number of likely N-dealkylation sites (tertiary alicyclic amines) is 1. The third-order valence-electron chi connectivity index (χ3n) is 6.61. The molecule has 3 fully saturated rings. The summed E-state index contributed by atoms with van der Waals surface area (Å²) in [5, 5.41) is 3.26. The van der Waals surface area contributed by atoms with Crippen molar-refractivity contribution in [3.05, 3.63) is 30.3 Å². The topological polar surface area (TPSA) is 67.9 Å². The minimum Gasteiger partial charge on any atom is -0.484 e. The second-order valence-electron chi connectivity index (χ2n) is 8.39. The standard InChI is InChI=1S/C22H30N2O4/c25-20(15-28-18-8-2-1-3-9-18)24-14-19(21(26)23-17-6-4-5-7-17)22(16-24)10-12-27-13-11-22/h1-3,8-9,17,19H,4-7,10-16H2,(H,23,26). The van der Waals surface area contributed by atoms with Crippen LogP contribution in [0.4, 0.5) is 0 Å². The van der Waals surface area contributed by atoms with Crippen LogP contribution in [0.15, 0.2) is 30.3 Å². The first-order valence-corrected chi connectivity index (χ1v) is 10.5. The van der Waals surface area contributed by atoms with Crippen molar-refractivity contribution in [2.45, 2.75) is 44.6 Å². The number of rotatable bonds is 5. The zero-order chi connectivity index (χ0) is 19.4. The van der Waals surface area contributed by atoms with Gasteiger partial charge in [0, 0.05) is 37.8 Å². The van der Waals surface area contributed by atoms with Crippen molar-refractivity contribution in [2.75, 3.05) is 32.9 Å². The minimum absolute atomic E-state index is 0.00750. The lowest BCUT2D eigenvalue weighted by Gasteiger charge is -2.37. The number of nitrogens with one attached hydrogen (secondary N) is 1. The molecule has 6 heteroatoms. The van der Waals surface area contributed by atoms with E-state index in [9.17, 15) is 9.59 Å². The molecule has 6 nitrogen and oxygen atoms in total. The van der Waals surface area contributed by atoms with E-state index in [1.807, 2.05) is 35.2 Å². The number of hydrogen-bond donors (Lipinski definition) is 1. The van der Waals surface area contributed by atoms with Crippen molar-refractivity contribution < 1.29 is 19.1 Å². The Kier molecular flexibility index (Phi) is 5.85. The molecule has 1 spiro atoms. The maximum Gasteiger partial charge on any atom is 0.260 e. The first kappa shape index (κ1) is 19.2. The van der Waals surface area contributed by atoms with Gasteiger partial charge in [0.15, 0.2) is 6.61 Å². The van der Waals surface area contributed by atoms with Crippen LogP contribution in [0.2, 0.25) is 0 Å². The van der Waals surface area contributed by atoms with Crippen LogP contribution in [0.5, 0.6) is 5.75 Å². The van der Waals surface area contributed by atoms with Gasteiger partial charge in [-0.3, -0.25) is 9.59 Å². The summed E-state index contributed by atoms with van der Waals surface area (Å²) in [5.41, 5.74) is -0.163. The molecule has 3 aliphatic rings. The summed E-state index contributed by atoms with van der Waals surface area (Å²) in [5.74, 6) is 0.600. The van der Waals surface area contributed by atoms with Gasteiger partial charge >= 0.3 is 0 Å². The van der Waals surface area contributed by atoms with E-state index in [2.05, 4.69) is 5.32 Å². The second kappa shape index (κ2) is 8.52. The zero-order valence-corrected chi connectivity index (χ0v) is 16.4. The molecule has 4 rings (SSSR count). The summed E-state index contributed by atoms with van der Waals surface area (Å²) in [6.45, 7) is 2.44. The number of ether oxygens (including phenoxy) is 2. The smallest absolute Gasteiger partial charge is 0.260 e. The number of para-hydroxylation sites is 1. The summed E-state index contributed by atoms with van der Waals surface area (Å²) < 4.78 is 11.2. The van der Waals surface area contributed by atoms with E-state index in [1.165, 1.54) is 12.8 Å². The summed E-state index contributed by atoms with van der Waals surface area (Å²) >= 11 is 0. The van der Waals surface area contributed by atoms with Gasteiger partial charge in [-0.1, -0.05) is 31.0 Å². The van der Waals surface area contributed by atoms with Crippen molar-refractivity contribution in [3.8, 4) is 5.75 Å². The van der Waals surface area contributed by atoms with E-state index < -0.39 is 0 Å². The van der Waals surface area contributed by atoms with E-state index in [-0.39, 0.29) is 29.8 Å². The number of carbonyl (C=O) groups is 2. The molecule has 1 aromatic carbocycles. The normalized spacial score (nSPS) is 24.4. The molecule has 1 aromatic rings. The Labute approximate surface area is 166 Å². The van der Waals surface area contributed by atoms with Crippen LogP contribution in [0, 0.1) is 11.3 Å². The molecule has 0 bridgehead atoms. The molecule has 2 heterocycles. The number of carbonyl (C=O) groups excluding carboxylic acids is 2. The monoisotopic (exact) mass is 386 g/mol. The first-order valence-electron chi connectivity index (χ1n) is 10.5. The third kappa shape index (κ3) is 4.17. The van der Waals surface area contributed by atoms with Gasteiger partial charge in [-0.05, 0) is 37.8 Å². The number of nitrogens with zero attached hydrogens (tertiary/aromatic N) is 1. The number of amides is 2. The van der Waals surface area contributed by atoms with Gasteiger partial charge in [0.05, 0.1) is 5.92 Å². The van der Waals surface area contributed by atoms with E-state index in [0.717, 1.165) is 25.7 Å². The number of benzene rings is 1. The van der Waals surface area contributed by atoms with Crippen LogP contribution in [0.3, 0.4) is 0 Å². The van der Waals surface area contributed by atoms with Crippen LogP contribution in [-0.2, 0) is 14.3 Å². The lowest BCUT2D eigenvalue weighted by atomic mass is 9.71. The van der Waals surface area contributed by atoms with Crippen LogP contribution < -0.4 is 10.1 Å². The molecule has 28 heavy (non-hydrogen) atoms. The molecule has 1 saturated carbocycles. The van der Waals surface area contributed by atoms with Crippen LogP contribution >= 0.6 is 0 Å². The highest BCUT2D eigenvalue weighted by Crippen LogP contribution is 2.44. The minimum atomic E-state index is -0.163. The van der Waals surface area contributed by atoms with Crippen LogP contribution in [0.25, 0.3) is 0 Å². The summed E-state index contributed by atoms with van der Waals surface area (Å²) in [4.78, 5) is 27.7. The molecular formula is C22H30N2O4. The average Bonchev–Trinajstić information content (AvgIpc) is 3.36. The quantitative estimate of drug-likeness (QED) is 0.844. The highest BCUT2D eigenvalue weighted by molar-refractivity contribution is 5.84. The Bertz CT molecular complexity index is 681. The summed E-state index contributed by atoms with van der Waals surface area (Å²) in [6.07, 6.45) is 6.19. The molecule has 2 amide bonds. The maximum absolute atomic E-state index is 13.1.